The number of nitrogens with one attached hydrogen (secondary N) is 1. The highest BCUT2D eigenvalue weighted by Crippen LogP contribution is 2.25. The van der Waals surface area contributed by atoms with Gasteiger partial charge >= 0.3 is 0 Å². The normalized spacial score (nSPS) is 17.1. The van der Waals surface area contributed by atoms with Crippen molar-refractivity contribution in [3.63, 3.8) is 0 Å². The zero-order valence-electron chi connectivity index (χ0n) is 15.3. The first-order chi connectivity index (χ1) is 13.4. The first kappa shape index (κ1) is 21.1. The molecule has 2 aromatic carbocycles. The maximum Gasteiger partial charge on any atom is 0.242 e. The molecule has 0 aliphatic carbocycles. The molecule has 8 heteroatoms. The van der Waals surface area contributed by atoms with Gasteiger partial charge in [-0.15, -0.1) is 0 Å². The average molecular weight is 441 g/mol. The molecule has 0 spiro atoms. The number of likely N-dealkylation sites (tertiary alicyclic amines) is 1. The molecule has 0 aromatic heterocycles. The smallest absolute Gasteiger partial charge is 0.242 e. The molecule has 1 amide bonds. The number of carbonyl (C=O) groups is 1. The number of amides is 1. The van der Waals surface area contributed by atoms with Gasteiger partial charge in [0, 0.05) is 30.6 Å². The molecule has 2 aromatic rings. The predicted octanol–water partition coefficient (Wildman–Crippen LogP) is 3.90. The Morgan fingerprint density at radius 2 is 1.75 bits per heavy atom. The number of nitrogens with zero attached hydrogens (tertiary/aromatic N) is 1. The Bertz CT molecular complexity index is 950. The van der Waals surface area contributed by atoms with Gasteiger partial charge in [-0.05, 0) is 43.0 Å². The molecule has 1 heterocycles. The minimum atomic E-state index is -3.75. The van der Waals surface area contributed by atoms with Gasteiger partial charge in [-0.25, -0.2) is 13.1 Å². The van der Waals surface area contributed by atoms with Crippen LogP contribution in [0, 0.1) is 0 Å². The van der Waals surface area contributed by atoms with Gasteiger partial charge in [-0.3, -0.25) is 4.79 Å². The van der Waals surface area contributed by atoms with Gasteiger partial charge in [-0.1, -0.05) is 53.5 Å². The molecular weight excluding hydrogens is 419 g/mol. The fraction of sp³-hybridized carbons (Fsp3) is 0.350. The van der Waals surface area contributed by atoms with E-state index in [1.165, 1.54) is 12.1 Å². The van der Waals surface area contributed by atoms with Gasteiger partial charge < -0.3 is 4.90 Å². The van der Waals surface area contributed by atoms with Gasteiger partial charge in [0.15, 0.2) is 0 Å². The largest absolute Gasteiger partial charge is 0.339 e. The second-order valence-corrected chi connectivity index (χ2v) is 9.31. The van der Waals surface area contributed by atoms with E-state index < -0.39 is 10.0 Å². The second kappa shape index (κ2) is 9.27. The van der Waals surface area contributed by atoms with Crippen LogP contribution in [-0.4, -0.2) is 38.4 Å². The van der Waals surface area contributed by atoms with E-state index in [2.05, 4.69) is 4.72 Å². The Hall–Kier alpha value is -1.60. The third-order valence-corrected chi connectivity index (χ3v) is 7.20. The number of carbonyl (C=O) groups excluding carboxylic acids is 1. The molecule has 0 radical (unpaired) electrons. The van der Waals surface area contributed by atoms with Crippen molar-refractivity contribution in [1.82, 2.24) is 9.62 Å². The van der Waals surface area contributed by atoms with E-state index in [0.29, 0.717) is 18.0 Å². The van der Waals surface area contributed by atoms with Crippen LogP contribution in [0.1, 0.15) is 24.8 Å². The molecule has 1 saturated heterocycles. The maximum absolute atomic E-state index is 12.7. The number of sulfonamides is 1. The Morgan fingerprint density at radius 1 is 1.07 bits per heavy atom. The summed E-state index contributed by atoms with van der Waals surface area (Å²) in [6, 6.07) is 14.0. The van der Waals surface area contributed by atoms with Crippen LogP contribution in [-0.2, 0) is 21.2 Å². The Kier molecular flexibility index (Phi) is 6.99. The Morgan fingerprint density at radius 3 is 2.46 bits per heavy atom. The summed E-state index contributed by atoms with van der Waals surface area (Å²) in [5, 5.41) is 0.856. The lowest BCUT2D eigenvalue weighted by atomic mass is 10.0. The molecule has 1 fully saturated rings. The van der Waals surface area contributed by atoms with E-state index in [1.54, 1.807) is 12.1 Å². The molecular formula is C20H22Cl2N2O3S. The summed E-state index contributed by atoms with van der Waals surface area (Å²) < 4.78 is 27.2. The number of rotatable bonds is 7. The zero-order valence-corrected chi connectivity index (χ0v) is 17.6. The van der Waals surface area contributed by atoms with Gasteiger partial charge in [0.2, 0.25) is 15.9 Å². The highest BCUT2D eigenvalue weighted by Gasteiger charge is 2.29. The summed E-state index contributed by atoms with van der Waals surface area (Å²) in [4.78, 5) is 14.5. The third kappa shape index (κ3) is 5.06. The fourth-order valence-electron chi connectivity index (χ4n) is 3.47. The van der Waals surface area contributed by atoms with Gasteiger partial charge in [-0.2, -0.15) is 0 Å². The van der Waals surface area contributed by atoms with Crippen LogP contribution in [0.15, 0.2) is 53.4 Å². The molecule has 0 saturated carbocycles. The quantitative estimate of drug-likeness (QED) is 0.709. The van der Waals surface area contributed by atoms with Crippen molar-refractivity contribution in [1.29, 1.82) is 0 Å². The molecule has 1 atom stereocenters. The lowest BCUT2D eigenvalue weighted by molar-refractivity contribution is -0.131. The first-order valence-corrected chi connectivity index (χ1v) is 11.4. The summed E-state index contributed by atoms with van der Waals surface area (Å²) in [7, 11) is -3.75. The van der Waals surface area contributed by atoms with Crippen LogP contribution in [0.25, 0.3) is 0 Å². The van der Waals surface area contributed by atoms with Crippen molar-refractivity contribution in [2.24, 2.45) is 0 Å². The van der Waals surface area contributed by atoms with Crippen LogP contribution >= 0.6 is 23.2 Å². The molecule has 150 valence electrons. The van der Waals surface area contributed by atoms with Crippen LogP contribution in [0.2, 0.25) is 10.0 Å². The molecule has 5 nitrogen and oxygen atoms in total. The summed E-state index contributed by atoms with van der Waals surface area (Å²) in [5.41, 5.74) is 1.02. The highest BCUT2D eigenvalue weighted by atomic mass is 35.5. The Balaban J connectivity index is 1.57. The van der Waals surface area contributed by atoms with Crippen LogP contribution in [0.3, 0.4) is 0 Å². The van der Waals surface area contributed by atoms with Crippen molar-refractivity contribution >= 4 is 39.1 Å². The summed E-state index contributed by atoms with van der Waals surface area (Å²) >= 11 is 12.2. The average Bonchev–Trinajstić information content (AvgIpc) is 3.12. The summed E-state index contributed by atoms with van der Waals surface area (Å²) in [5.74, 6) is -0.0589. The summed E-state index contributed by atoms with van der Waals surface area (Å²) in [6.45, 7) is 0.715. The lowest BCUT2D eigenvalue weighted by Crippen LogP contribution is -2.38. The minimum Gasteiger partial charge on any atom is -0.339 e. The van der Waals surface area contributed by atoms with Crippen LogP contribution in [0.5, 0.6) is 0 Å². The first-order valence-electron chi connectivity index (χ1n) is 9.15. The van der Waals surface area contributed by atoms with Gasteiger partial charge in [0.25, 0.3) is 0 Å². The predicted molar refractivity (Wildman–Crippen MR) is 111 cm³/mol. The third-order valence-electron chi connectivity index (χ3n) is 4.87. The molecule has 1 N–H and O–H groups in total. The zero-order chi connectivity index (χ0) is 20.1. The maximum atomic E-state index is 12.7. The summed E-state index contributed by atoms with van der Waals surface area (Å²) in [6.07, 6.45) is 2.66. The van der Waals surface area contributed by atoms with Crippen LogP contribution < -0.4 is 4.72 Å². The second-order valence-electron chi connectivity index (χ2n) is 6.76. The van der Waals surface area contributed by atoms with E-state index in [1.807, 2.05) is 29.2 Å². The topological polar surface area (TPSA) is 66.5 Å². The number of halogens is 2. The number of hydrogen-bond acceptors (Lipinski definition) is 3. The van der Waals surface area contributed by atoms with Crippen LogP contribution in [0.4, 0.5) is 0 Å². The van der Waals surface area contributed by atoms with Gasteiger partial charge in [0.05, 0.1) is 5.02 Å². The lowest BCUT2D eigenvalue weighted by Gasteiger charge is -2.25. The van der Waals surface area contributed by atoms with Crippen molar-refractivity contribution in [3.8, 4) is 0 Å². The fourth-order valence-corrected chi connectivity index (χ4v) is 5.23. The van der Waals surface area contributed by atoms with Crippen molar-refractivity contribution < 1.29 is 13.2 Å². The molecule has 3 rings (SSSR count). The minimum absolute atomic E-state index is 0.0156. The molecule has 0 bridgehead atoms. The van der Waals surface area contributed by atoms with E-state index in [-0.39, 0.29) is 34.8 Å². The molecule has 1 aliphatic heterocycles. The molecule has 1 unspecified atom stereocenters. The van der Waals surface area contributed by atoms with E-state index in [0.717, 1.165) is 18.4 Å². The molecule has 28 heavy (non-hydrogen) atoms. The monoisotopic (exact) mass is 440 g/mol. The van der Waals surface area contributed by atoms with Crippen molar-refractivity contribution in [2.75, 3.05) is 13.1 Å². The standard InChI is InChI=1S/C20H22Cl2N2O3S/c21-17-8-2-1-6-15(17)14-16-7-5-13-24(16)20(25)11-12-23-28(26,27)19-10-4-3-9-18(19)22/h1-4,6,8-10,16,23H,5,7,11-14H2. The Labute approximate surface area is 175 Å². The SMILES string of the molecule is O=C(CCNS(=O)(=O)c1ccccc1Cl)N1CCCC1Cc1ccccc1Cl. The molecule has 1 aliphatic rings. The van der Waals surface area contributed by atoms with E-state index in [9.17, 15) is 13.2 Å². The number of hydrogen-bond donors (Lipinski definition) is 1. The van der Waals surface area contributed by atoms with E-state index >= 15 is 0 Å². The van der Waals surface area contributed by atoms with Crippen molar-refractivity contribution in [3.05, 3.63) is 64.1 Å². The van der Waals surface area contributed by atoms with Crippen molar-refractivity contribution in [2.45, 2.75) is 36.6 Å². The van der Waals surface area contributed by atoms with Gasteiger partial charge in [0.1, 0.15) is 4.90 Å². The van der Waals surface area contributed by atoms with E-state index in [4.69, 9.17) is 23.2 Å². The highest BCUT2D eigenvalue weighted by molar-refractivity contribution is 7.89. The number of benzene rings is 2.